The topological polar surface area (TPSA) is 62.6 Å². The van der Waals surface area contributed by atoms with Crippen LogP contribution in [0.15, 0.2) is 75.8 Å². The van der Waals surface area contributed by atoms with Crippen LogP contribution in [-0.4, -0.2) is 18.4 Å². The molecule has 0 unspecified atom stereocenters. The first kappa shape index (κ1) is 17.9. The molecule has 0 aliphatic rings. The minimum absolute atomic E-state index is 0.129. The normalized spacial score (nSPS) is 10.4. The van der Waals surface area contributed by atoms with E-state index in [0.717, 1.165) is 5.69 Å². The van der Waals surface area contributed by atoms with Crippen molar-refractivity contribution in [2.45, 2.75) is 6.92 Å². The predicted molar refractivity (Wildman–Crippen MR) is 105 cm³/mol. The van der Waals surface area contributed by atoms with Crippen LogP contribution < -0.4 is 10.2 Å². The number of carbonyl (C=O) groups excluding carboxylic acids is 2. The van der Waals surface area contributed by atoms with Gasteiger partial charge < -0.3 is 14.6 Å². The first-order valence-corrected chi connectivity index (χ1v) is 8.91. The van der Waals surface area contributed by atoms with E-state index in [2.05, 4.69) is 21.2 Å². The maximum atomic E-state index is 12.9. The molecule has 0 saturated carbocycles. The summed E-state index contributed by atoms with van der Waals surface area (Å²) in [6, 6.07) is 19.5. The first-order chi connectivity index (χ1) is 12.6. The molecule has 6 heteroatoms. The molecule has 0 atom stereocenters. The van der Waals surface area contributed by atoms with Crippen molar-refractivity contribution in [2.75, 3.05) is 16.8 Å². The van der Waals surface area contributed by atoms with Gasteiger partial charge in [-0.15, -0.1) is 0 Å². The highest BCUT2D eigenvalue weighted by atomic mass is 79.9. The second-order valence-corrected chi connectivity index (χ2v) is 6.31. The Morgan fingerprint density at radius 3 is 2.46 bits per heavy atom. The average molecular weight is 413 g/mol. The van der Waals surface area contributed by atoms with E-state index < -0.39 is 0 Å². The Morgan fingerprint density at radius 2 is 1.81 bits per heavy atom. The van der Waals surface area contributed by atoms with Crippen molar-refractivity contribution in [1.82, 2.24) is 0 Å². The summed E-state index contributed by atoms with van der Waals surface area (Å²) >= 11 is 3.17. The monoisotopic (exact) mass is 412 g/mol. The van der Waals surface area contributed by atoms with Crippen LogP contribution in [0.25, 0.3) is 0 Å². The number of rotatable bonds is 5. The zero-order chi connectivity index (χ0) is 18.5. The van der Waals surface area contributed by atoms with Crippen LogP contribution in [-0.2, 0) is 0 Å². The molecule has 5 nitrogen and oxygen atoms in total. The van der Waals surface area contributed by atoms with Gasteiger partial charge in [0.05, 0.1) is 0 Å². The molecule has 1 N–H and O–H groups in total. The molecule has 1 heterocycles. The highest BCUT2D eigenvalue weighted by molar-refractivity contribution is 9.10. The van der Waals surface area contributed by atoms with Gasteiger partial charge in [0.2, 0.25) is 0 Å². The second kappa shape index (κ2) is 8.01. The number of hydrogen-bond acceptors (Lipinski definition) is 3. The Bertz CT molecular complexity index is 922. The minimum Gasteiger partial charge on any atom is -0.444 e. The van der Waals surface area contributed by atoms with E-state index >= 15 is 0 Å². The Labute approximate surface area is 159 Å². The van der Waals surface area contributed by atoms with Crippen LogP contribution in [0.2, 0.25) is 0 Å². The number of halogens is 1. The Kier molecular flexibility index (Phi) is 5.53. The van der Waals surface area contributed by atoms with E-state index in [1.54, 1.807) is 41.3 Å². The van der Waals surface area contributed by atoms with Gasteiger partial charge in [-0.2, -0.15) is 0 Å². The lowest BCUT2D eigenvalue weighted by molar-refractivity contribution is 0.0981. The van der Waals surface area contributed by atoms with Crippen molar-refractivity contribution in [1.29, 1.82) is 0 Å². The number of anilines is 2. The highest BCUT2D eigenvalue weighted by Crippen LogP contribution is 2.20. The van der Waals surface area contributed by atoms with E-state index in [0.29, 0.717) is 22.5 Å². The molecule has 0 aliphatic carbocycles. The van der Waals surface area contributed by atoms with E-state index in [1.807, 2.05) is 37.3 Å². The maximum Gasteiger partial charge on any atom is 0.291 e. The van der Waals surface area contributed by atoms with Crippen molar-refractivity contribution in [3.05, 3.63) is 82.7 Å². The molecule has 1 aromatic heterocycles. The summed E-state index contributed by atoms with van der Waals surface area (Å²) in [5.74, 6) is -0.320. The molecule has 132 valence electrons. The molecule has 2 amide bonds. The molecular formula is C20H17BrN2O3. The SMILES string of the molecule is CCN(C(=O)c1cccc(NC(=O)c2ccc(Br)o2)c1)c1ccccc1. The number of hydrogen-bond donors (Lipinski definition) is 1. The molecule has 0 bridgehead atoms. The van der Waals surface area contributed by atoms with Crippen molar-refractivity contribution in [3.8, 4) is 0 Å². The summed E-state index contributed by atoms with van der Waals surface area (Å²) in [7, 11) is 0. The lowest BCUT2D eigenvalue weighted by atomic mass is 10.1. The van der Waals surface area contributed by atoms with Gasteiger partial charge in [-0.25, -0.2) is 0 Å². The Balaban J connectivity index is 1.80. The predicted octanol–water partition coefficient (Wildman–Crippen LogP) is 4.96. The van der Waals surface area contributed by atoms with Gasteiger partial charge in [-0.1, -0.05) is 24.3 Å². The number of nitrogens with one attached hydrogen (secondary N) is 1. The van der Waals surface area contributed by atoms with E-state index in [9.17, 15) is 9.59 Å². The third-order valence-corrected chi connectivity index (χ3v) is 4.22. The van der Waals surface area contributed by atoms with Gasteiger partial charge in [-0.05, 0) is 65.3 Å². The lowest BCUT2D eigenvalue weighted by Crippen LogP contribution is -2.30. The summed E-state index contributed by atoms with van der Waals surface area (Å²) in [6.45, 7) is 2.46. The standard InChI is InChI=1S/C20H17BrN2O3/c1-2-23(16-9-4-3-5-10-16)20(25)14-7-6-8-15(13-14)22-19(24)17-11-12-18(21)26-17/h3-13H,2H2,1H3,(H,22,24). The largest absolute Gasteiger partial charge is 0.444 e. The van der Waals surface area contributed by atoms with Gasteiger partial charge in [0.15, 0.2) is 10.4 Å². The second-order valence-electron chi connectivity index (χ2n) is 5.52. The van der Waals surface area contributed by atoms with Crippen LogP contribution in [0.3, 0.4) is 0 Å². The van der Waals surface area contributed by atoms with Crippen molar-refractivity contribution in [2.24, 2.45) is 0 Å². The van der Waals surface area contributed by atoms with E-state index in [4.69, 9.17) is 4.42 Å². The van der Waals surface area contributed by atoms with Crippen molar-refractivity contribution in [3.63, 3.8) is 0 Å². The maximum absolute atomic E-state index is 12.9. The summed E-state index contributed by atoms with van der Waals surface area (Å²) < 4.78 is 5.72. The Morgan fingerprint density at radius 1 is 1.04 bits per heavy atom. The molecule has 0 radical (unpaired) electrons. The molecule has 3 aromatic rings. The van der Waals surface area contributed by atoms with Crippen LogP contribution in [0.5, 0.6) is 0 Å². The summed E-state index contributed by atoms with van der Waals surface area (Å²) in [4.78, 5) is 26.8. The van der Waals surface area contributed by atoms with Gasteiger partial charge in [0.1, 0.15) is 0 Å². The van der Waals surface area contributed by atoms with Crippen LogP contribution in [0.1, 0.15) is 27.8 Å². The lowest BCUT2D eigenvalue weighted by Gasteiger charge is -2.21. The fraction of sp³-hybridized carbons (Fsp3) is 0.100. The first-order valence-electron chi connectivity index (χ1n) is 8.12. The minimum atomic E-state index is -0.379. The third kappa shape index (κ3) is 4.03. The molecule has 2 aromatic carbocycles. The van der Waals surface area contributed by atoms with E-state index in [1.165, 1.54) is 0 Å². The van der Waals surface area contributed by atoms with Crippen LogP contribution in [0.4, 0.5) is 11.4 Å². The summed E-state index contributed by atoms with van der Waals surface area (Å²) in [5, 5.41) is 2.74. The number of furan rings is 1. The highest BCUT2D eigenvalue weighted by Gasteiger charge is 2.17. The summed E-state index contributed by atoms with van der Waals surface area (Å²) in [6.07, 6.45) is 0. The number of para-hydroxylation sites is 1. The number of benzene rings is 2. The average Bonchev–Trinajstić information content (AvgIpc) is 3.10. The summed E-state index contributed by atoms with van der Waals surface area (Å²) in [5.41, 5.74) is 1.85. The molecular weight excluding hydrogens is 396 g/mol. The third-order valence-electron chi connectivity index (χ3n) is 3.79. The fourth-order valence-corrected chi connectivity index (χ4v) is 2.87. The van der Waals surface area contributed by atoms with Gasteiger partial charge in [0.25, 0.3) is 11.8 Å². The molecule has 0 saturated heterocycles. The number of nitrogens with zero attached hydrogens (tertiary/aromatic N) is 1. The molecule has 0 aliphatic heterocycles. The van der Waals surface area contributed by atoms with Crippen molar-refractivity contribution >= 4 is 39.1 Å². The van der Waals surface area contributed by atoms with Crippen molar-refractivity contribution < 1.29 is 14.0 Å². The molecule has 0 spiro atoms. The van der Waals surface area contributed by atoms with Gasteiger partial charge >= 0.3 is 0 Å². The smallest absolute Gasteiger partial charge is 0.291 e. The van der Waals surface area contributed by atoms with Crippen LogP contribution in [0, 0.1) is 0 Å². The number of amides is 2. The Hall–Kier alpha value is -2.86. The quantitative estimate of drug-likeness (QED) is 0.643. The number of carbonyl (C=O) groups is 2. The molecule has 26 heavy (non-hydrogen) atoms. The van der Waals surface area contributed by atoms with Gasteiger partial charge in [0, 0.05) is 23.5 Å². The van der Waals surface area contributed by atoms with E-state index in [-0.39, 0.29) is 17.6 Å². The molecule has 0 fully saturated rings. The van der Waals surface area contributed by atoms with Gasteiger partial charge in [-0.3, -0.25) is 9.59 Å². The van der Waals surface area contributed by atoms with Crippen LogP contribution >= 0.6 is 15.9 Å². The zero-order valence-corrected chi connectivity index (χ0v) is 15.7. The fourth-order valence-electron chi connectivity index (χ4n) is 2.57. The zero-order valence-electron chi connectivity index (χ0n) is 14.1. The molecule has 3 rings (SSSR count).